The van der Waals surface area contributed by atoms with Gasteiger partial charge < -0.3 is 9.32 Å². The van der Waals surface area contributed by atoms with Crippen LogP contribution in [0, 0.1) is 6.92 Å². The molecule has 0 fully saturated rings. The minimum Gasteiger partial charge on any atom is -0.470 e. The Bertz CT molecular complexity index is 1940. The van der Waals surface area contributed by atoms with Crippen LogP contribution in [0.2, 0.25) is 0 Å². The number of hydrogen-bond acceptors (Lipinski definition) is 2. The highest BCUT2D eigenvalue weighted by molar-refractivity contribution is 7.01. The molecule has 0 saturated heterocycles. The van der Waals surface area contributed by atoms with Gasteiger partial charge in [0.25, 0.3) is 6.71 Å². The summed E-state index contributed by atoms with van der Waals surface area (Å²) in [5.41, 5.74) is 16.0. The van der Waals surface area contributed by atoms with Crippen LogP contribution in [-0.4, -0.2) is 6.71 Å². The van der Waals surface area contributed by atoms with Crippen molar-refractivity contribution in [2.24, 2.45) is 0 Å². The number of benzene rings is 5. The third-order valence-corrected chi connectivity index (χ3v) is 8.67. The van der Waals surface area contributed by atoms with Gasteiger partial charge in [0.2, 0.25) is 0 Å². The summed E-state index contributed by atoms with van der Waals surface area (Å²) in [7, 11) is 0. The van der Waals surface area contributed by atoms with Gasteiger partial charge in [-0.15, -0.1) is 0 Å². The largest absolute Gasteiger partial charge is 0.470 e. The maximum absolute atomic E-state index is 6.66. The Balaban J connectivity index is 1.40. The second-order valence-corrected chi connectivity index (χ2v) is 12.3. The number of aryl methyl sites for hydroxylation is 1. The van der Waals surface area contributed by atoms with E-state index in [4.69, 9.17) is 4.42 Å². The van der Waals surface area contributed by atoms with Gasteiger partial charge in [-0.3, -0.25) is 0 Å². The van der Waals surface area contributed by atoms with Gasteiger partial charge in [0.05, 0.1) is 5.66 Å². The number of rotatable bonds is 2. The monoisotopic (exact) mass is 515 g/mol. The molecule has 3 heterocycles. The van der Waals surface area contributed by atoms with Crippen molar-refractivity contribution < 1.29 is 4.42 Å². The van der Waals surface area contributed by atoms with Crippen molar-refractivity contribution in [3.63, 3.8) is 0 Å². The van der Waals surface area contributed by atoms with Crippen molar-refractivity contribution in [1.82, 2.24) is 0 Å². The highest BCUT2D eigenvalue weighted by Crippen LogP contribution is 2.44. The standard InChI is InChI=1S/C37H30BNO/c1-23-20-29-34-28-12-8-9-13-33(28)40-36(34)38-30-19-16-25(24-14-17-26(18-15-24)37(2,3)4)22-31(30)39(32(21-23)35(29)38)27-10-6-5-7-11-27/h5-22H,1-4H3. The molecule has 6 aromatic rings. The van der Waals surface area contributed by atoms with Crippen molar-refractivity contribution in [2.45, 2.75) is 33.1 Å². The first-order valence-electron chi connectivity index (χ1n) is 14.1. The summed E-state index contributed by atoms with van der Waals surface area (Å²) in [5, 5.41) is 1.20. The third-order valence-electron chi connectivity index (χ3n) is 8.67. The van der Waals surface area contributed by atoms with Gasteiger partial charge in [0.1, 0.15) is 5.58 Å². The van der Waals surface area contributed by atoms with Gasteiger partial charge in [-0.25, -0.2) is 0 Å². The molecule has 0 aliphatic carbocycles. The minimum atomic E-state index is 0.0697. The number of fused-ring (bicyclic) bond motifs is 7. The first-order chi connectivity index (χ1) is 19.4. The second kappa shape index (κ2) is 8.25. The molecule has 192 valence electrons. The van der Waals surface area contributed by atoms with Crippen molar-refractivity contribution in [1.29, 1.82) is 0 Å². The molecule has 1 aromatic heterocycles. The minimum absolute atomic E-state index is 0.0697. The summed E-state index contributed by atoms with van der Waals surface area (Å²) in [6, 6.07) is 40.0. The van der Waals surface area contributed by atoms with E-state index in [0.29, 0.717) is 0 Å². The topological polar surface area (TPSA) is 16.4 Å². The van der Waals surface area contributed by atoms with E-state index < -0.39 is 0 Å². The predicted molar refractivity (Wildman–Crippen MR) is 170 cm³/mol. The van der Waals surface area contributed by atoms with Crippen LogP contribution in [0.15, 0.2) is 114 Å². The fourth-order valence-electron chi connectivity index (χ4n) is 6.76. The van der Waals surface area contributed by atoms with E-state index in [1.807, 2.05) is 0 Å². The summed E-state index contributed by atoms with van der Waals surface area (Å²) < 4.78 is 6.66. The number of furan rings is 1. The van der Waals surface area contributed by atoms with Crippen molar-refractivity contribution >= 4 is 51.3 Å². The van der Waals surface area contributed by atoms with Crippen LogP contribution in [-0.2, 0) is 5.41 Å². The Morgan fingerprint density at radius 3 is 2.20 bits per heavy atom. The average Bonchev–Trinajstić information content (AvgIpc) is 3.49. The van der Waals surface area contributed by atoms with Crippen LogP contribution >= 0.6 is 0 Å². The molecule has 0 spiro atoms. The molecule has 3 heteroatoms. The second-order valence-electron chi connectivity index (χ2n) is 12.3. The molecule has 5 aromatic carbocycles. The van der Waals surface area contributed by atoms with Gasteiger partial charge in [0, 0.05) is 28.0 Å². The van der Waals surface area contributed by atoms with Gasteiger partial charge >= 0.3 is 0 Å². The lowest BCUT2D eigenvalue weighted by atomic mass is 9.39. The first-order valence-corrected chi connectivity index (χ1v) is 14.1. The van der Waals surface area contributed by atoms with E-state index in [-0.39, 0.29) is 12.1 Å². The lowest BCUT2D eigenvalue weighted by Gasteiger charge is -2.36. The normalized spacial score (nSPS) is 13.4. The quantitative estimate of drug-likeness (QED) is 0.217. The van der Waals surface area contributed by atoms with Crippen LogP contribution in [0.25, 0.3) is 33.2 Å². The molecule has 0 bridgehead atoms. The van der Waals surface area contributed by atoms with Crippen molar-refractivity contribution in [3.8, 4) is 22.3 Å². The number of anilines is 3. The molecule has 0 atom stereocenters. The molecule has 0 N–H and O–H groups in total. The summed E-state index contributed by atoms with van der Waals surface area (Å²) in [6.45, 7) is 9.07. The molecule has 2 aliphatic heterocycles. The molecule has 8 rings (SSSR count). The van der Waals surface area contributed by atoms with Crippen LogP contribution in [0.4, 0.5) is 17.1 Å². The highest BCUT2D eigenvalue weighted by atomic mass is 16.3. The van der Waals surface area contributed by atoms with Gasteiger partial charge in [0.15, 0.2) is 0 Å². The van der Waals surface area contributed by atoms with E-state index in [9.17, 15) is 0 Å². The van der Waals surface area contributed by atoms with E-state index >= 15 is 0 Å². The molecule has 0 radical (unpaired) electrons. The molecule has 0 unspecified atom stereocenters. The van der Waals surface area contributed by atoms with Gasteiger partial charge in [-0.05, 0) is 81.4 Å². The lowest BCUT2D eigenvalue weighted by Crippen LogP contribution is -2.54. The average molecular weight is 515 g/mol. The zero-order chi connectivity index (χ0) is 27.2. The van der Waals surface area contributed by atoms with Crippen molar-refractivity contribution in [3.05, 3.63) is 120 Å². The summed E-state index contributed by atoms with van der Waals surface area (Å²) >= 11 is 0. The predicted octanol–water partition coefficient (Wildman–Crippen LogP) is 7.99. The smallest absolute Gasteiger partial charge is 0.293 e. The molecular formula is C37H30BNO. The van der Waals surface area contributed by atoms with E-state index in [2.05, 4.69) is 142 Å². The van der Waals surface area contributed by atoms with E-state index in [1.165, 1.54) is 66.8 Å². The van der Waals surface area contributed by atoms with Crippen LogP contribution in [0.5, 0.6) is 0 Å². The number of nitrogens with zero attached hydrogens (tertiary/aromatic N) is 1. The lowest BCUT2D eigenvalue weighted by molar-refractivity contribution is 0.590. The van der Waals surface area contributed by atoms with Crippen LogP contribution in [0.3, 0.4) is 0 Å². The number of para-hydroxylation sites is 2. The highest BCUT2D eigenvalue weighted by Gasteiger charge is 2.46. The number of hydrogen-bond donors (Lipinski definition) is 0. The zero-order valence-corrected chi connectivity index (χ0v) is 23.3. The van der Waals surface area contributed by atoms with Gasteiger partial charge in [-0.1, -0.05) is 99.6 Å². The first kappa shape index (κ1) is 23.4. The van der Waals surface area contributed by atoms with Crippen molar-refractivity contribution in [2.75, 3.05) is 4.90 Å². The Morgan fingerprint density at radius 2 is 1.43 bits per heavy atom. The van der Waals surface area contributed by atoms with Gasteiger partial charge in [-0.2, -0.15) is 0 Å². The molecule has 0 saturated carbocycles. The maximum atomic E-state index is 6.66. The fraction of sp³-hybridized carbons (Fsp3) is 0.135. The SMILES string of the molecule is Cc1cc2c3c(c1)N(c1ccccc1)c1cc(-c4ccc(C(C)(C)C)cc4)ccc1B3c1oc3ccccc3c1-2. The maximum Gasteiger partial charge on any atom is 0.293 e. The summed E-state index contributed by atoms with van der Waals surface area (Å²) in [4.78, 5) is 2.46. The fourth-order valence-corrected chi connectivity index (χ4v) is 6.76. The summed E-state index contributed by atoms with van der Waals surface area (Å²) in [5.74, 6) is 0. The molecule has 2 nitrogen and oxygen atoms in total. The molecule has 40 heavy (non-hydrogen) atoms. The Kier molecular flexibility index (Phi) is 4.83. The zero-order valence-electron chi connectivity index (χ0n) is 23.3. The Morgan fingerprint density at radius 1 is 0.700 bits per heavy atom. The Hall–Kier alpha value is -4.50. The summed E-state index contributed by atoms with van der Waals surface area (Å²) in [6.07, 6.45) is 0. The third kappa shape index (κ3) is 3.30. The van der Waals surface area contributed by atoms with Crippen LogP contribution < -0.4 is 21.5 Å². The van der Waals surface area contributed by atoms with Crippen LogP contribution in [0.1, 0.15) is 31.9 Å². The van der Waals surface area contributed by atoms with E-state index in [0.717, 1.165) is 11.2 Å². The molecule has 0 amide bonds. The molecule has 2 aliphatic rings. The van der Waals surface area contributed by atoms with E-state index in [1.54, 1.807) is 0 Å². The molecular weight excluding hydrogens is 485 g/mol. The Labute approximate surface area is 236 Å².